The third-order valence-corrected chi connectivity index (χ3v) is 5.33. The summed E-state index contributed by atoms with van der Waals surface area (Å²) < 4.78 is 10.8. The average Bonchev–Trinajstić information content (AvgIpc) is 2.69. The van der Waals surface area contributed by atoms with E-state index in [-0.39, 0.29) is 17.9 Å². The van der Waals surface area contributed by atoms with Crippen molar-refractivity contribution in [2.75, 3.05) is 34.4 Å². The topological polar surface area (TPSA) is 50.8 Å². The number of piperidine rings is 1. The number of nitrogens with zero attached hydrogens (tertiary/aromatic N) is 1. The Balaban J connectivity index is 1.83. The van der Waals surface area contributed by atoms with Gasteiger partial charge in [-0.2, -0.15) is 0 Å². The zero-order valence-corrected chi connectivity index (χ0v) is 16.6. The predicted octanol–water partition coefficient (Wildman–Crippen LogP) is 3.57. The van der Waals surface area contributed by atoms with Crippen LogP contribution in [0.3, 0.4) is 0 Å². The molecule has 144 valence electrons. The highest BCUT2D eigenvalue weighted by molar-refractivity contribution is 6.30. The van der Waals surface area contributed by atoms with Gasteiger partial charge in [0.05, 0.1) is 14.2 Å². The van der Waals surface area contributed by atoms with Crippen molar-refractivity contribution in [3.05, 3.63) is 58.6 Å². The highest BCUT2D eigenvalue weighted by Gasteiger charge is 2.31. The van der Waals surface area contributed by atoms with Gasteiger partial charge >= 0.3 is 0 Å². The van der Waals surface area contributed by atoms with Gasteiger partial charge in [-0.25, -0.2) is 0 Å². The van der Waals surface area contributed by atoms with E-state index in [1.807, 2.05) is 18.2 Å². The zero-order valence-electron chi connectivity index (χ0n) is 15.9. The first-order chi connectivity index (χ1) is 13.0. The number of benzene rings is 2. The molecule has 6 heteroatoms. The zero-order chi connectivity index (χ0) is 19.4. The third kappa shape index (κ3) is 4.54. The molecule has 1 aliphatic heterocycles. The van der Waals surface area contributed by atoms with Gasteiger partial charge in [-0.05, 0) is 62.0 Å². The number of carbonyl (C=O) groups excluding carboxylic acids is 1. The van der Waals surface area contributed by atoms with E-state index in [1.54, 1.807) is 38.5 Å². The lowest BCUT2D eigenvalue weighted by Crippen LogP contribution is -2.48. The molecule has 2 aromatic carbocycles. The molecular weight excluding hydrogens is 364 g/mol. The van der Waals surface area contributed by atoms with Crippen molar-refractivity contribution >= 4 is 17.5 Å². The van der Waals surface area contributed by atoms with Gasteiger partial charge in [0.2, 0.25) is 0 Å². The number of nitrogens with one attached hydrogen (secondary N) is 1. The standard InChI is InChI=1S/C21H25ClN2O3/c1-24-11-10-18(23-21(25)14-4-7-16(22)8-5-14)17(13-24)15-6-9-19(26-2)20(12-15)27-3/h4-9,12,17-18H,10-11,13H2,1-3H3,(H,23,25)/t17-,18-/m1/s1. The monoisotopic (exact) mass is 388 g/mol. The highest BCUT2D eigenvalue weighted by Crippen LogP contribution is 2.34. The second-order valence-electron chi connectivity index (χ2n) is 6.86. The first-order valence-electron chi connectivity index (χ1n) is 8.98. The van der Waals surface area contributed by atoms with E-state index in [2.05, 4.69) is 17.3 Å². The lowest BCUT2D eigenvalue weighted by Gasteiger charge is -2.37. The summed E-state index contributed by atoms with van der Waals surface area (Å²) in [6.45, 7) is 1.80. The Hall–Kier alpha value is -2.24. The van der Waals surface area contributed by atoms with Crippen LogP contribution in [0, 0.1) is 0 Å². The minimum atomic E-state index is -0.0771. The van der Waals surface area contributed by atoms with Gasteiger partial charge in [0.25, 0.3) is 5.91 Å². The highest BCUT2D eigenvalue weighted by atomic mass is 35.5. The molecule has 0 aliphatic carbocycles. The molecule has 1 fully saturated rings. The molecule has 0 saturated carbocycles. The summed E-state index contributed by atoms with van der Waals surface area (Å²) in [6, 6.07) is 13.0. The molecule has 27 heavy (non-hydrogen) atoms. The van der Waals surface area contributed by atoms with Crippen LogP contribution in [-0.4, -0.2) is 51.2 Å². The van der Waals surface area contributed by atoms with E-state index in [0.717, 1.165) is 25.1 Å². The van der Waals surface area contributed by atoms with Crippen molar-refractivity contribution in [3.63, 3.8) is 0 Å². The minimum absolute atomic E-state index is 0.0440. The van der Waals surface area contributed by atoms with Crippen molar-refractivity contribution < 1.29 is 14.3 Å². The van der Waals surface area contributed by atoms with Gasteiger partial charge in [-0.3, -0.25) is 4.79 Å². The van der Waals surface area contributed by atoms with Crippen LogP contribution in [0.2, 0.25) is 5.02 Å². The normalized spacial score (nSPS) is 20.1. The Morgan fingerprint density at radius 2 is 1.81 bits per heavy atom. The van der Waals surface area contributed by atoms with Crippen molar-refractivity contribution in [1.82, 2.24) is 10.2 Å². The Morgan fingerprint density at radius 1 is 1.11 bits per heavy atom. The molecule has 1 N–H and O–H groups in total. The second kappa shape index (κ2) is 8.63. The first-order valence-corrected chi connectivity index (χ1v) is 9.36. The summed E-state index contributed by atoms with van der Waals surface area (Å²) in [5.41, 5.74) is 1.74. The van der Waals surface area contributed by atoms with E-state index >= 15 is 0 Å². The lowest BCUT2D eigenvalue weighted by atomic mass is 9.85. The fourth-order valence-corrected chi connectivity index (χ4v) is 3.69. The fourth-order valence-electron chi connectivity index (χ4n) is 3.56. The fraction of sp³-hybridized carbons (Fsp3) is 0.381. The van der Waals surface area contributed by atoms with Crippen LogP contribution in [0.4, 0.5) is 0 Å². The number of hydrogen-bond donors (Lipinski definition) is 1. The Bertz CT molecular complexity index is 795. The molecule has 0 aromatic heterocycles. The Kier molecular flexibility index (Phi) is 6.24. The molecule has 5 nitrogen and oxygen atoms in total. The summed E-state index contributed by atoms with van der Waals surface area (Å²) in [5, 5.41) is 3.83. The van der Waals surface area contributed by atoms with Crippen LogP contribution in [0.5, 0.6) is 11.5 Å². The molecule has 2 aromatic rings. The summed E-state index contributed by atoms with van der Waals surface area (Å²) in [7, 11) is 5.36. The summed E-state index contributed by atoms with van der Waals surface area (Å²) in [6.07, 6.45) is 0.884. The van der Waals surface area contributed by atoms with Crippen molar-refractivity contribution in [2.45, 2.75) is 18.4 Å². The molecule has 0 radical (unpaired) electrons. The molecular formula is C21H25ClN2O3. The molecule has 0 bridgehead atoms. The van der Waals surface area contributed by atoms with Crippen LogP contribution in [0.25, 0.3) is 0 Å². The van der Waals surface area contributed by atoms with Gasteiger partial charge in [0.1, 0.15) is 0 Å². The van der Waals surface area contributed by atoms with Crippen LogP contribution in [-0.2, 0) is 0 Å². The molecule has 3 rings (SSSR count). The molecule has 0 unspecified atom stereocenters. The SMILES string of the molecule is COc1ccc([C@H]2CN(C)CC[C@H]2NC(=O)c2ccc(Cl)cc2)cc1OC. The first kappa shape index (κ1) is 19.5. The molecule has 1 saturated heterocycles. The maximum absolute atomic E-state index is 12.7. The second-order valence-corrected chi connectivity index (χ2v) is 7.30. The molecule has 1 heterocycles. The summed E-state index contributed by atoms with van der Waals surface area (Å²) in [5.74, 6) is 1.49. The van der Waals surface area contributed by atoms with Crippen molar-refractivity contribution in [1.29, 1.82) is 0 Å². The Morgan fingerprint density at radius 3 is 2.48 bits per heavy atom. The van der Waals surface area contributed by atoms with Gasteiger partial charge < -0.3 is 19.7 Å². The van der Waals surface area contributed by atoms with E-state index in [9.17, 15) is 4.79 Å². The maximum atomic E-state index is 12.7. The number of methoxy groups -OCH3 is 2. The van der Waals surface area contributed by atoms with Gasteiger partial charge in [0, 0.05) is 29.1 Å². The minimum Gasteiger partial charge on any atom is -0.493 e. The van der Waals surface area contributed by atoms with Crippen molar-refractivity contribution in [2.24, 2.45) is 0 Å². The van der Waals surface area contributed by atoms with Gasteiger partial charge in [-0.15, -0.1) is 0 Å². The maximum Gasteiger partial charge on any atom is 0.251 e. The van der Waals surface area contributed by atoms with Crippen LogP contribution < -0.4 is 14.8 Å². The molecule has 2 atom stereocenters. The number of hydrogen-bond acceptors (Lipinski definition) is 4. The number of amides is 1. The lowest BCUT2D eigenvalue weighted by molar-refractivity contribution is 0.0904. The van der Waals surface area contributed by atoms with Gasteiger partial charge in [0.15, 0.2) is 11.5 Å². The largest absolute Gasteiger partial charge is 0.493 e. The number of ether oxygens (including phenoxy) is 2. The van der Waals surface area contributed by atoms with Crippen LogP contribution >= 0.6 is 11.6 Å². The van der Waals surface area contributed by atoms with E-state index < -0.39 is 0 Å². The van der Waals surface area contributed by atoms with Crippen LogP contribution in [0.15, 0.2) is 42.5 Å². The number of rotatable bonds is 5. The quantitative estimate of drug-likeness (QED) is 0.850. The molecule has 0 spiro atoms. The molecule has 1 amide bonds. The summed E-state index contributed by atoms with van der Waals surface area (Å²) in [4.78, 5) is 15.0. The molecule has 1 aliphatic rings. The van der Waals surface area contributed by atoms with E-state index in [1.165, 1.54) is 0 Å². The predicted molar refractivity (Wildman–Crippen MR) is 107 cm³/mol. The third-order valence-electron chi connectivity index (χ3n) is 5.07. The average molecular weight is 389 g/mol. The van der Waals surface area contributed by atoms with Gasteiger partial charge in [-0.1, -0.05) is 17.7 Å². The summed E-state index contributed by atoms with van der Waals surface area (Å²) >= 11 is 5.92. The number of likely N-dealkylation sites (tertiary alicyclic amines) is 1. The van der Waals surface area contributed by atoms with E-state index in [0.29, 0.717) is 22.1 Å². The van der Waals surface area contributed by atoms with E-state index in [4.69, 9.17) is 21.1 Å². The van der Waals surface area contributed by atoms with Crippen LogP contribution in [0.1, 0.15) is 28.3 Å². The van der Waals surface area contributed by atoms with Crippen molar-refractivity contribution in [3.8, 4) is 11.5 Å². The number of likely N-dealkylation sites (N-methyl/N-ethyl adjacent to an activating group) is 1. The Labute approximate surface area is 165 Å². The smallest absolute Gasteiger partial charge is 0.251 e. The number of carbonyl (C=O) groups is 1. The number of halogens is 1.